The van der Waals surface area contributed by atoms with Crippen molar-refractivity contribution >= 4 is 0 Å². The normalized spacial score (nSPS) is 23.2. The first-order chi connectivity index (χ1) is 5.29. The molecule has 2 atom stereocenters. The number of nitrogens with one attached hydrogen (secondary N) is 1. The highest BCUT2D eigenvalue weighted by molar-refractivity contribution is 4.89. The van der Waals surface area contributed by atoms with Crippen LogP contribution in [0.4, 0.5) is 0 Å². The van der Waals surface area contributed by atoms with Crippen LogP contribution in [0.3, 0.4) is 0 Å². The van der Waals surface area contributed by atoms with Crippen LogP contribution in [0.5, 0.6) is 0 Å². The SMILES string of the molecule is CCNC(C1CC1)C(C)OC. The van der Waals surface area contributed by atoms with E-state index in [1.165, 1.54) is 12.8 Å². The zero-order valence-electron chi connectivity index (χ0n) is 7.76. The summed E-state index contributed by atoms with van der Waals surface area (Å²) in [4.78, 5) is 0. The number of methoxy groups -OCH3 is 1. The standard InChI is InChI=1S/C9H19NO/c1-4-10-9(7(2)11-3)8-5-6-8/h7-10H,4-6H2,1-3H3. The molecule has 0 radical (unpaired) electrons. The Morgan fingerprint density at radius 2 is 2.18 bits per heavy atom. The van der Waals surface area contributed by atoms with Gasteiger partial charge in [0.2, 0.25) is 0 Å². The van der Waals surface area contributed by atoms with Crippen molar-refractivity contribution in [3.63, 3.8) is 0 Å². The lowest BCUT2D eigenvalue weighted by Crippen LogP contribution is -2.40. The highest BCUT2D eigenvalue weighted by Crippen LogP contribution is 2.34. The second kappa shape index (κ2) is 4.07. The molecule has 2 unspecified atom stereocenters. The first-order valence-electron chi connectivity index (χ1n) is 4.55. The third kappa shape index (κ3) is 2.46. The van der Waals surface area contributed by atoms with E-state index in [1.54, 1.807) is 7.11 Å². The van der Waals surface area contributed by atoms with Crippen molar-refractivity contribution in [2.45, 2.75) is 38.8 Å². The van der Waals surface area contributed by atoms with Gasteiger partial charge in [-0.15, -0.1) is 0 Å². The van der Waals surface area contributed by atoms with Crippen molar-refractivity contribution in [1.29, 1.82) is 0 Å². The summed E-state index contributed by atoms with van der Waals surface area (Å²) in [5.41, 5.74) is 0. The molecule has 11 heavy (non-hydrogen) atoms. The van der Waals surface area contributed by atoms with E-state index < -0.39 is 0 Å². The van der Waals surface area contributed by atoms with Crippen molar-refractivity contribution in [1.82, 2.24) is 5.32 Å². The van der Waals surface area contributed by atoms with E-state index in [1.807, 2.05) is 0 Å². The van der Waals surface area contributed by atoms with Crippen LogP contribution in [0.2, 0.25) is 0 Å². The monoisotopic (exact) mass is 157 g/mol. The molecule has 0 spiro atoms. The second-order valence-corrected chi connectivity index (χ2v) is 3.36. The molecule has 2 heteroatoms. The molecular formula is C9H19NO. The zero-order valence-corrected chi connectivity index (χ0v) is 7.76. The average Bonchev–Trinajstić information content (AvgIpc) is 2.81. The molecule has 1 saturated carbocycles. The van der Waals surface area contributed by atoms with Crippen molar-refractivity contribution in [2.75, 3.05) is 13.7 Å². The lowest BCUT2D eigenvalue weighted by molar-refractivity contribution is 0.0762. The summed E-state index contributed by atoms with van der Waals surface area (Å²) in [5.74, 6) is 0.880. The molecule has 0 heterocycles. The van der Waals surface area contributed by atoms with E-state index in [0.717, 1.165) is 12.5 Å². The van der Waals surface area contributed by atoms with Gasteiger partial charge >= 0.3 is 0 Å². The summed E-state index contributed by atoms with van der Waals surface area (Å²) in [6.45, 7) is 5.35. The number of hydrogen-bond acceptors (Lipinski definition) is 2. The van der Waals surface area contributed by atoms with Crippen LogP contribution >= 0.6 is 0 Å². The maximum Gasteiger partial charge on any atom is 0.0698 e. The smallest absolute Gasteiger partial charge is 0.0698 e. The average molecular weight is 157 g/mol. The molecule has 66 valence electrons. The number of rotatable bonds is 5. The quantitative estimate of drug-likeness (QED) is 0.651. The fraction of sp³-hybridized carbons (Fsp3) is 1.00. The molecule has 1 aliphatic rings. The minimum absolute atomic E-state index is 0.363. The van der Waals surface area contributed by atoms with Crippen molar-refractivity contribution in [3.8, 4) is 0 Å². The van der Waals surface area contributed by atoms with Crippen molar-refractivity contribution in [3.05, 3.63) is 0 Å². The van der Waals surface area contributed by atoms with Crippen LogP contribution < -0.4 is 5.32 Å². The van der Waals surface area contributed by atoms with Crippen molar-refractivity contribution in [2.24, 2.45) is 5.92 Å². The van der Waals surface area contributed by atoms with Gasteiger partial charge in [-0.3, -0.25) is 0 Å². The lowest BCUT2D eigenvalue weighted by Gasteiger charge is -2.23. The van der Waals surface area contributed by atoms with E-state index in [4.69, 9.17) is 4.74 Å². The summed E-state index contributed by atoms with van der Waals surface area (Å²) in [5, 5.41) is 3.47. The molecule has 2 nitrogen and oxygen atoms in total. The molecule has 1 rings (SSSR count). The Kier molecular flexibility index (Phi) is 3.34. The summed E-state index contributed by atoms with van der Waals surface area (Å²) in [7, 11) is 1.79. The van der Waals surface area contributed by atoms with Gasteiger partial charge in [0.1, 0.15) is 0 Å². The molecule has 0 aromatic rings. The Hall–Kier alpha value is -0.0800. The van der Waals surface area contributed by atoms with E-state index in [0.29, 0.717) is 12.1 Å². The van der Waals surface area contributed by atoms with Crippen molar-refractivity contribution < 1.29 is 4.74 Å². The third-order valence-electron chi connectivity index (χ3n) is 2.45. The highest BCUT2D eigenvalue weighted by atomic mass is 16.5. The molecule has 1 N–H and O–H groups in total. The van der Waals surface area contributed by atoms with Crippen LogP contribution in [0.1, 0.15) is 26.7 Å². The third-order valence-corrected chi connectivity index (χ3v) is 2.45. The molecule has 0 aromatic heterocycles. The first-order valence-corrected chi connectivity index (χ1v) is 4.55. The number of ether oxygens (including phenoxy) is 1. The van der Waals surface area contributed by atoms with Gasteiger partial charge in [0.25, 0.3) is 0 Å². The molecular weight excluding hydrogens is 138 g/mol. The van der Waals surface area contributed by atoms with Gasteiger partial charge in [0.15, 0.2) is 0 Å². The molecule has 1 fully saturated rings. The molecule has 0 aliphatic heterocycles. The minimum atomic E-state index is 0.363. The first kappa shape index (κ1) is 9.01. The van der Waals surface area contributed by atoms with Crippen LogP contribution in [-0.2, 0) is 4.74 Å². The largest absolute Gasteiger partial charge is 0.380 e. The van der Waals surface area contributed by atoms with E-state index in [2.05, 4.69) is 19.2 Å². The maximum absolute atomic E-state index is 5.30. The van der Waals surface area contributed by atoms with Gasteiger partial charge in [0.05, 0.1) is 6.10 Å². The minimum Gasteiger partial charge on any atom is -0.380 e. The molecule has 0 amide bonds. The van der Waals surface area contributed by atoms with Crippen LogP contribution in [-0.4, -0.2) is 25.8 Å². The van der Waals surface area contributed by atoms with E-state index >= 15 is 0 Å². The highest BCUT2D eigenvalue weighted by Gasteiger charge is 2.33. The molecule has 0 aromatic carbocycles. The number of likely N-dealkylation sites (N-methyl/N-ethyl adjacent to an activating group) is 1. The van der Waals surface area contributed by atoms with E-state index in [-0.39, 0.29) is 0 Å². The number of hydrogen-bond donors (Lipinski definition) is 1. The summed E-state index contributed by atoms with van der Waals surface area (Å²) in [6, 6.07) is 0.588. The Labute approximate surface area is 69.3 Å². The molecule has 0 saturated heterocycles. The Balaban J connectivity index is 2.30. The fourth-order valence-corrected chi connectivity index (χ4v) is 1.55. The van der Waals surface area contributed by atoms with Gasteiger partial charge in [0, 0.05) is 13.2 Å². The topological polar surface area (TPSA) is 21.3 Å². The zero-order chi connectivity index (χ0) is 8.27. The summed E-state index contributed by atoms with van der Waals surface area (Å²) >= 11 is 0. The van der Waals surface area contributed by atoms with Gasteiger partial charge < -0.3 is 10.1 Å². The van der Waals surface area contributed by atoms with Gasteiger partial charge in [-0.1, -0.05) is 6.92 Å². The van der Waals surface area contributed by atoms with Crippen LogP contribution in [0.25, 0.3) is 0 Å². The lowest BCUT2D eigenvalue weighted by atomic mass is 10.1. The van der Waals surface area contributed by atoms with Crippen LogP contribution in [0, 0.1) is 5.92 Å². The summed E-state index contributed by atoms with van der Waals surface area (Å²) in [6.07, 6.45) is 3.12. The van der Waals surface area contributed by atoms with Gasteiger partial charge in [-0.2, -0.15) is 0 Å². The maximum atomic E-state index is 5.30. The predicted molar refractivity (Wildman–Crippen MR) is 46.7 cm³/mol. The Morgan fingerprint density at radius 1 is 1.55 bits per heavy atom. The van der Waals surface area contributed by atoms with Gasteiger partial charge in [-0.05, 0) is 32.2 Å². The Bertz CT molecular complexity index is 112. The van der Waals surface area contributed by atoms with E-state index in [9.17, 15) is 0 Å². The van der Waals surface area contributed by atoms with Gasteiger partial charge in [-0.25, -0.2) is 0 Å². The molecule has 1 aliphatic carbocycles. The Morgan fingerprint density at radius 3 is 2.55 bits per heavy atom. The fourth-order valence-electron chi connectivity index (χ4n) is 1.55. The predicted octanol–water partition coefficient (Wildman–Crippen LogP) is 1.41. The summed E-state index contributed by atoms with van der Waals surface area (Å²) < 4.78 is 5.30. The van der Waals surface area contributed by atoms with Crippen LogP contribution in [0.15, 0.2) is 0 Å². The molecule has 0 bridgehead atoms. The second-order valence-electron chi connectivity index (χ2n) is 3.36.